The number of ether oxygens (including phenoxy) is 1. The Kier molecular flexibility index (Phi) is 10.2. The highest BCUT2D eigenvalue weighted by atomic mass is 28.1. The summed E-state index contributed by atoms with van der Waals surface area (Å²) in [6.45, 7) is 3.13. The molecule has 0 radical (unpaired) electrons. The van der Waals surface area contributed by atoms with E-state index in [0.29, 0.717) is 19.7 Å². The SMILES string of the molecule is NCCNCC(O)COCCC[SiH3]. The minimum absolute atomic E-state index is 0.402. The molecule has 1 unspecified atom stereocenters. The molecule has 4 N–H and O–H groups in total. The highest BCUT2D eigenvalue weighted by Crippen LogP contribution is 1.89. The maximum atomic E-state index is 9.36. The lowest BCUT2D eigenvalue weighted by Gasteiger charge is -2.11. The summed E-state index contributed by atoms with van der Waals surface area (Å²) < 4.78 is 5.27. The summed E-state index contributed by atoms with van der Waals surface area (Å²) in [7, 11) is 1.24. The van der Waals surface area contributed by atoms with Gasteiger partial charge in [0.2, 0.25) is 0 Å². The zero-order valence-corrected chi connectivity index (χ0v) is 10.5. The maximum Gasteiger partial charge on any atom is 0.0897 e. The van der Waals surface area contributed by atoms with Gasteiger partial charge in [-0.05, 0) is 6.42 Å². The van der Waals surface area contributed by atoms with Gasteiger partial charge in [-0.3, -0.25) is 0 Å². The van der Waals surface area contributed by atoms with Crippen LogP contribution in [0.4, 0.5) is 0 Å². The third-order valence-electron chi connectivity index (χ3n) is 1.65. The summed E-state index contributed by atoms with van der Waals surface area (Å²) in [6, 6.07) is 1.27. The molecule has 0 saturated carbocycles. The number of nitrogens with one attached hydrogen (secondary N) is 1. The van der Waals surface area contributed by atoms with E-state index in [1.165, 1.54) is 16.3 Å². The van der Waals surface area contributed by atoms with E-state index in [2.05, 4.69) is 5.32 Å². The lowest BCUT2D eigenvalue weighted by molar-refractivity contribution is 0.0376. The predicted octanol–water partition coefficient (Wildman–Crippen LogP) is -1.91. The van der Waals surface area contributed by atoms with E-state index in [0.717, 1.165) is 19.6 Å². The zero-order valence-electron chi connectivity index (χ0n) is 8.46. The Hall–Kier alpha value is 0.0569. The van der Waals surface area contributed by atoms with Crippen molar-refractivity contribution in [1.29, 1.82) is 0 Å². The fourth-order valence-electron chi connectivity index (χ4n) is 0.895. The van der Waals surface area contributed by atoms with E-state index < -0.39 is 6.10 Å². The fraction of sp³-hybridized carbons (Fsp3) is 1.00. The number of nitrogens with two attached hydrogens (primary N) is 1. The third-order valence-corrected chi connectivity index (χ3v) is 2.36. The van der Waals surface area contributed by atoms with E-state index in [-0.39, 0.29) is 0 Å². The van der Waals surface area contributed by atoms with E-state index in [1.54, 1.807) is 0 Å². The highest BCUT2D eigenvalue weighted by Gasteiger charge is 2.02. The molecule has 0 aliphatic carbocycles. The molecule has 0 aromatic rings. The highest BCUT2D eigenvalue weighted by molar-refractivity contribution is 6.08. The number of hydrogen-bond acceptors (Lipinski definition) is 4. The largest absolute Gasteiger partial charge is 0.389 e. The van der Waals surface area contributed by atoms with Gasteiger partial charge in [0.25, 0.3) is 0 Å². The zero-order chi connectivity index (χ0) is 9.94. The first-order valence-corrected chi connectivity index (χ1v) is 6.39. The molecule has 80 valence electrons. The quantitative estimate of drug-likeness (QED) is 0.304. The Morgan fingerprint density at radius 1 is 1.54 bits per heavy atom. The molecule has 0 fully saturated rings. The first-order chi connectivity index (χ1) is 6.31. The fourth-order valence-corrected chi connectivity index (χ4v) is 1.18. The van der Waals surface area contributed by atoms with E-state index in [1.807, 2.05) is 0 Å². The van der Waals surface area contributed by atoms with Crippen LogP contribution in [0.3, 0.4) is 0 Å². The van der Waals surface area contributed by atoms with Gasteiger partial charge in [0.05, 0.1) is 12.7 Å². The topological polar surface area (TPSA) is 67.5 Å². The molecule has 0 rings (SSSR count). The third kappa shape index (κ3) is 9.97. The first kappa shape index (κ1) is 13.1. The van der Waals surface area contributed by atoms with Gasteiger partial charge in [-0.15, -0.1) is 0 Å². The summed E-state index contributed by atoms with van der Waals surface area (Å²) in [5.41, 5.74) is 5.28. The number of aliphatic hydroxyl groups excluding tert-OH is 1. The van der Waals surface area contributed by atoms with Crippen LogP contribution in [0.1, 0.15) is 6.42 Å². The van der Waals surface area contributed by atoms with Gasteiger partial charge in [0.1, 0.15) is 0 Å². The Labute approximate surface area is 83.3 Å². The molecule has 1 atom stereocenters. The van der Waals surface area contributed by atoms with E-state index >= 15 is 0 Å². The Morgan fingerprint density at radius 3 is 2.92 bits per heavy atom. The molecule has 13 heavy (non-hydrogen) atoms. The Bertz CT molecular complexity index is 106. The summed E-state index contributed by atoms with van der Waals surface area (Å²) in [4.78, 5) is 0. The van der Waals surface area contributed by atoms with Crippen molar-refractivity contribution in [2.75, 3.05) is 32.8 Å². The molecule has 0 spiro atoms. The van der Waals surface area contributed by atoms with Crippen LogP contribution in [-0.2, 0) is 4.74 Å². The number of rotatable bonds is 9. The molecular weight excluding hydrogens is 184 g/mol. The molecule has 0 aliphatic rings. The van der Waals surface area contributed by atoms with Gasteiger partial charge < -0.3 is 20.9 Å². The minimum atomic E-state index is -0.402. The normalized spacial score (nSPS) is 13.4. The summed E-state index contributed by atoms with van der Waals surface area (Å²) in [6.07, 6.45) is 0.718. The molecule has 5 heteroatoms. The van der Waals surface area contributed by atoms with Gasteiger partial charge in [-0.25, -0.2) is 0 Å². The second-order valence-electron chi connectivity index (χ2n) is 3.08. The van der Waals surface area contributed by atoms with Crippen molar-refractivity contribution in [2.24, 2.45) is 5.73 Å². The standard InChI is InChI=1S/C8H22N2O2Si/c9-2-3-10-6-8(11)7-12-4-1-5-13/h8,10-11H,1-7,9H2,13H3. The summed E-state index contributed by atoms with van der Waals surface area (Å²) >= 11 is 0. The smallest absolute Gasteiger partial charge is 0.0897 e. The molecule has 0 heterocycles. The predicted molar refractivity (Wildman–Crippen MR) is 58.1 cm³/mol. The molecule has 0 aliphatic heterocycles. The molecule has 0 aromatic heterocycles. The number of aliphatic hydroxyl groups is 1. The van der Waals surface area contributed by atoms with Crippen LogP contribution in [0.2, 0.25) is 6.04 Å². The van der Waals surface area contributed by atoms with Gasteiger partial charge in [-0.2, -0.15) is 0 Å². The molecular formula is C8H22N2O2Si. The molecule has 4 nitrogen and oxygen atoms in total. The monoisotopic (exact) mass is 206 g/mol. The summed E-state index contributed by atoms with van der Waals surface area (Å²) in [5, 5.41) is 12.4. The second-order valence-corrected chi connectivity index (χ2v) is 4.08. The van der Waals surface area contributed by atoms with Crippen molar-refractivity contribution >= 4 is 10.2 Å². The molecule has 0 bridgehead atoms. The van der Waals surface area contributed by atoms with Gasteiger partial charge in [-0.1, -0.05) is 6.04 Å². The van der Waals surface area contributed by atoms with Crippen LogP contribution in [-0.4, -0.2) is 54.3 Å². The molecule has 0 amide bonds. The second kappa shape index (κ2) is 10.1. The maximum absolute atomic E-state index is 9.36. The van der Waals surface area contributed by atoms with Crippen LogP contribution in [0.25, 0.3) is 0 Å². The van der Waals surface area contributed by atoms with Gasteiger partial charge in [0, 0.05) is 36.5 Å². The van der Waals surface area contributed by atoms with Crippen LogP contribution < -0.4 is 11.1 Å². The number of hydrogen-bond donors (Lipinski definition) is 3. The van der Waals surface area contributed by atoms with E-state index in [9.17, 15) is 5.11 Å². The van der Waals surface area contributed by atoms with Crippen molar-refractivity contribution < 1.29 is 9.84 Å². The summed E-state index contributed by atoms with van der Waals surface area (Å²) in [5.74, 6) is 0. The van der Waals surface area contributed by atoms with Crippen molar-refractivity contribution in [3.05, 3.63) is 0 Å². The lowest BCUT2D eigenvalue weighted by Crippen LogP contribution is -2.33. The van der Waals surface area contributed by atoms with Crippen molar-refractivity contribution in [3.63, 3.8) is 0 Å². The van der Waals surface area contributed by atoms with Crippen molar-refractivity contribution in [2.45, 2.75) is 18.6 Å². The van der Waals surface area contributed by atoms with Crippen molar-refractivity contribution in [3.8, 4) is 0 Å². The van der Waals surface area contributed by atoms with Crippen LogP contribution in [0.15, 0.2) is 0 Å². The van der Waals surface area contributed by atoms with Crippen molar-refractivity contribution in [1.82, 2.24) is 5.32 Å². The average Bonchev–Trinajstić information content (AvgIpc) is 2.13. The average molecular weight is 206 g/mol. The Balaban J connectivity index is 3.05. The lowest BCUT2D eigenvalue weighted by atomic mass is 10.3. The van der Waals surface area contributed by atoms with Crippen LogP contribution >= 0.6 is 0 Å². The van der Waals surface area contributed by atoms with Crippen LogP contribution in [0.5, 0.6) is 0 Å². The minimum Gasteiger partial charge on any atom is -0.389 e. The first-order valence-electron chi connectivity index (χ1n) is 4.97. The molecule has 0 saturated heterocycles. The van der Waals surface area contributed by atoms with Gasteiger partial charge in [0.15, 0.2) is 0 Å². The van der Waals surface area contributed by atoms with Gasteiger partial charge >= 0.3 is 0 Å². The molecule has 0 aromatic carbocycles. The Morgan fingerprint density at radius 2 is 2.31 bits per heavy atom. The van der Waals surface area contributed by atoms with E-state index in [4.69, 9.17) is 10.5 Å². The van der Waals surface area contributed by atoms with Crippen LogP contribution in [0, 0.1) is 0 Å².